The zero-order valence-electron chi connectivity index (χ0n) is 18.8. The minimum atomic E-state index is -0.543. The van der Waals surface area contributed by atoms with Crippen molar-refractivity contribution in [1.82, 2.24) is 0 Å². The topological polar surface area (TPSA) is 54.0 Å². The lowest BCUT2D eigenvalue weighted by Gasteiger charge is -2.27. The molecule has 1 atom stereocenters. The molecule has 0 fully saturated rings. The second kappa shape index (κ2) is 12.5. The molecule has 2 aromatic carbocycles. The van der Waals surface area contributed by atoms with Gasteiger partial charge in [-0.1, -0.05) is 49.2 Å². The van der Waals surface area contributed by atoms with Crippen molar-refractivity contribution in [3.8, 4) is 11.5 Å². The number of hydrogen-bond donors (Lipinski definition) is 0. The van der Waals surface area contributed by atoms with Gasteiger partial charge in [0.15, 0.2) is 0 Å². The van der Waals surface area contributed by atoms with Crippen LogP contribution in [0.15, 0.2) is 36.4 Å². The number of benzene rings is 2. The zero-order chi connectivity index (χ0) is 23.7. The van der Waals surface area contributed by atoms with Crippen LogP contribution in [0.4, 0.5) is 0 Å². The molecular weight excluding hydrogens is 475 g/mol. The van der Waals surface area contributed by atoms with Gasteiger partial charge in [-0.2, -0.15) is 0 Å². The molecule has 8 heteroatoms. The smallest absolute Gasteiger partial charge is 0.303 e. The Hall–Kier alpha value is -1.66. The molecule has 0 N–H and O–H groups in total. The molecule has 0 bridgehead atoms. The summed E-state index contributed by atoms with van der Waals surface area (Å²) in [5.41, 5.74) is 1.65. The summed E-state index contributed by atoms with van der Waals surface area (Å²) in [5.74, 6) is 0.861. The van der Waals surface area contributed by atoms with E-state index in [2.05, 4.69) is 13.8 Å². The van der Waals surface area contributed by atoms with Gasteiger partial charge in [-0.05, 0) is 35.4 Å². The van der Waals surface area contributed by atoms with Crippen LogP contribution in [-0.2, 0) is 19.7 Å². The minimum Gasteiger partial charge on any atom is -0.492 e. The number of carbonyl (C=O) groups excluding carboxylic acids is 1. The van der Waals surface area contributed by atoms with Gasteiger partial charge in [-0.15, -0.1) is 11.6 Å². The van der Waals surface area contributed by atoms with Crippen LogP contribution < -0.4 is 9.47 Å². The molecule has 2 aromatic rings. The predicted octanol–water partition coefficient (Wildman–Crippen LogP) is 6.28. The lowest BCUT2D eigenvalue weighted by molar-refractivity contribution is -0.146. The van der Waals surface area contributed by atoms with Crippen molar-refractivity contribution < 1.29 is 23.7 Å². The molecule has 0 spiro atoms. The number of ether oxygens (including phenoxy) is 4. The number of rotatable bonds is 12. The van der Waals surface area contributed by atoms with Gasteiger partial charge >= 0.3 is 5.97 Å². The van der Waals surface area contributed by atoms with Crippen LogP contribution in [0.25, 0.3) is 0 Å². The molecule has 1 unspecified atom stereocenters. The highest BCUT2D eigenvalue weighted by molar-refractivity contribution is 6.32. The van der Waals surface area contributed by atoms with E-state index in [9.17, 15) is 4.79 Å². The molecule has 0 aliphatic rings. The molecule has 0 radical (unpaired) electrons. The second-order valence-electron chi connectivity index (χ2n) is 7.81. The molecule has 5 nitrogen and oxygen atoms in total. The second-order valence-corrected chi connectivity index (χ2v) is 8.93. The van der Waals surface area contributed by atoms with Gasteiger partial charge in [0.1, 0.15) is 24.2 Å². The third kappa shape index (κ3) is 7.45. The summed E-state index contributed by atoms with van der Waals surface area (Å²) in [6.45, 7) is 6.81. The first-order valence-electron chi connectivity index (χ1n) is 10.3. The molecule has 176 valence electrons. The summed E-state index contributed by atoms with van der Waals surface area (Å²) >= 11 is 18.8. The van der Waals surface area contributed by atoms with E-state index in [1.54, 1.807) is 13.2 Å². The maximum atomic E-state index is 11.1. The number of methoxy groups -OCH3 is 1. The highest BCUT2D eigenvalue weighted by atomic mass is 35.5. The summed E-state index contributed by atoms with van der Waals surface area (Å²) in [6.07, 6.45) is 0.248. The molecule has 0 aromatic heterocycles. The van der Waals surface area contributed by atoms with Crippen molar-refractivity contribution >= 4 is 40.8 Å². The third-order valence-corrected chi connectivity index (χ3v) is 5.92. The van der Waals surface area contributed by atoms with Crippen LogP contribution in [-0.4, -0.2) is 44.9 Å². The number of carbonyl (C=O) groups is 1. The highest BCUT2D eigenvalue weighted by Gasteiger charge is 2.25. The van der Waals surface area contributed by atoms with E-state index in [-0.39, 0.29) is 17.9 Å². The Labute approximate surface area is 204 Å². The Balaban J connectivity index is 2.12. The quantitative estimate of drug-likeness (QED) is 0.194. The third-order valence-electron chi connectivity index (χ3n) is 4.99. The summed E-state index contributed by atoms with van der Waals surface area (Å²) in [6, 6.07) is 11.4. The number of esters is 1. The van der Waals surface area contributed by atoms with Crippen molar-refractivity contribution in [3.05, 3.63) is 57.6 Å². The minimum absolute atomic E-state index is 0.118. The van der Waals surface area contributed by atoms with Gasteiger partial charge < -0.3 is 18.9 Å². The standard InChI is InChI=1S/C24H29Cl3O5/c1-16(28)32-19(14-25)15-31-23-9-7-18(13-21(23)27)24(2,3)17-6-8-22(20(26)12-17)30-11-5-10-29-4/h6-9,12-13,19H,5,10-11,14-15H2,1-4H3. The van der Waals surface area contributed by atoms with Gasteiger partial charge in [-0.25, -0.2) is 0 Å². The van der Waals surface area contributed by atoms with Gasteiger partial charge in [0.05, 0.1) is 22.5 Å². The first kappa shape index (κ1) is 26.6. The summed E-state index contributed by atoms with van der Waals surface area (Å²) in [4.78, 5) is 11.1. The lowest BCUT2D eigenvalue weighted by atomic mass is 9.78. The van der Waals surface area contributed by atoms with Crippen molar-refractivity contribution in [2.45, 2.75) is 38.7 Å². The maximum absolute atomic E-state index is 11.1. The summed E-state index contributed by atoms with van der Waals surface area (Å²) < 4.78 is 21.6. The molecule has 0 aliphatic heterocycles. The molecule has 0 saturated carbocycles. The van der Waals surface area contributed by atoms with Crippen molar-refractivity contribution in [2.75, 3.05) is 32.8 Å². The average molecular weight is 504 g/mol. The fourth-order valence-corrected chi connectivity index (χ4v) is 3.72. The van der Waals surface area contributed by atoms with E-state index in [1.165, 1.54) is 6.92 Å². The molecule has 0 saturated heterocycles. The Morgan fingerprint density at radius 2 is 1.53 bits per heavy atom. The van der Waals surface area contributed by atoms with E-state index in [1.807, 2.05) is 30.3 Å². The van der Waals surface area contributed by atoms with Crippen LogP contribution in [0.1, 0.15) is 38.3 Å². The number of hydrogen-bond acceptors (Lipinski definition) is 5. The first-order chi connectivity index (χ1) is 15.2. The van der Waals surface area contributed by atoms with Gasteiger partial charge in [0.2, 0.25) is 0 Å². The fraction of sp³-hybridized carbons (Fsp3) is 0.458. The SMILES string of the molecule is COCCCOc1ccc(C(C)(C)c2ccc(OCC(CCl)OC(C)=O)c(Cl)c2)cc1Cl. The predicted molar refractivity (Wildman–Crippen MR) is 129 cm³/mol. The lowest BCUT2D eigenvalue weighted by Crippen LogP contribution is -2.25. The Morgan fingerprint density at radius 1 is 0.969 bits per heavy atom. The Kier molecular flexibility index (Phi) is 10.4. The van der Waals surface area contributed by atoms with E-state index in [0.717, 1.165) is 17.5 Å². The summed E-state index contributed by atoms with van der Waals surface area (Å²) in [5, 5.41) is 1.01. The van der Waals surface area contributed by atoms with Crippen LogP contribution in [0, 0.1) is 0 Å². The van der Waals surface area contributed by atoms with Gasteiger partial charge in [-0.3, -0.25) is 4.79 Å². The largest absolute Gasteiger partial charge is 0.492 e. The van der Waals surface area contributed by atoms with Gasteiger partial charge in [0, 0.05) is 32.5 Å². The van der Waals surface area contributed by atoms with Crippen molar-refractivity contribution in [2.24, 2.45) is 0 Å². The molecule has 0 amide bonds. The van der Waals surface area contributed by atoms with Crippen LogP contribution >= 0.6 is 34.8 Å². The monoisotopic (exact) mass is 502 g/mol. The Morgan fingerprint density at radius 3 is 2.00 bits per heavy atom. The number of alkyl halides is 1. The average Bonchev–Trinajstić information content (AvgIpc) is 2.75. The van der Waals surface area contributed by atoms with Crippen LogP contribution in [0.3, 0.4) is 0 Å². The normalized spacial score (nSPS) is 12.3. The maximum Gasteiger partial charge on any atom is 0.303 e. The van der Waals surface area contributed by atoms with E-state index >= 15 is 0 Å². The van der Waals surface area contributed by atoms with Gasteiger partial charge in [0.25, 0.3) is 0 Å². The fourth-order valence-electron chi connectivity index (χ4n) is 3.09. The molecule has 0 aliphatic carbocycles. The van der Waals surface area contributed by atoms with Crippen LogP contribution in [0.2, 0.25) is 10.0 Å². The molecule has 2 rings (SSSR count). The first-order valence-corrected chi connectivity index (χ1v) is 11.6. The van der Waals surface area contributed by atoms with E-state index in [4.69, 9.17) is 53.8 Å². The van der Waals surface area contributed by atoms with E-state index in [0.29, 0.717) is 34.8 Å². The van der Waals surface area contributed by atoms with Crippen molar-refractivity contribution in [3.63, 3.8) is 0 Å². The molecule has 0 heterocycles. The molecule has 32 heavy (non-hydrogen) atoms. The molecular formula is C24H29Cl3O5. The Bertz CT molecular complexity index is 901. The summed E-state index contributed by atoms with van der Waals surface area (Å²) in [7, 11) is 1.66. The zero-order valence-corrected chi connectivity index (χ0v) is 21.0. The van der Waals surface area contributed by atoms with E-state index < -0.39 is 12.1 Å². The van der Waals surface area contributed by atoms with Crippen LogP contribution in [0.5, 0.6) is 11.5 Å². The van der Waals surface area contributed by atoms with Crippen molar-refractivity contribution in [1.29, 1.82) is 0 Å². The number of halogens is 3. The highest BCUT2D eigenvalue weighted by Crippen LogP contribution is 2.38.